The van der Waals surface area contributed by atoms with Gasteiger partial charge in [0.05, 0.1) is 11.8 Å². The van der Waals surface area contributed by atoms with Crippen LogP contribution in [0.5, 0.6) is 0 Å². The van der Waals surface area contributed by atoms with Crippen molar-refractivity contribution in [1.29, 1.82) is 0 Å². The summed E-state index contributed by atoms with van der Waals surface area (Å²) >= 11 is 0. The third-order valence-electron chi connectivity index (χ3n) is 6.03. The summed E-state index contributed by atoms with van der Waals surface area (Å²) < 4.78 is 19.3. The lowest BCUT2D eigenvalue weighted by Crippen LogP contribution is -2.53. The SMILES string of the molecule is Cc1occc1C(=O)N1CCC2(CCC(=O)N2Cc2ccccc2F)CC1. The van der Waals surface area contributed by atoms with Crippen LogP contribution in [0.3, 0.4) is 0 Å². The highest BCUT2D eigenvalue weighted by Gasteiger charge is 2.47. The molecule has 2 aliphatic rings. The van der Waals surface area contributed by atoms with E-state index in [1.807, 2.05) is 9.80 Å². The van der Waals surface area contributed by atoms with Crippen molar-refractivity contribution in [2.45, 2.75) is 44.7 Å². The highest BCUT2D eigenvalue weighted by molar-refractivity contribution is 5.95. The largest absolute Gasteiger partial charge is 0.469 e. The second-order valence-corrected chi connectivity index (χ2v) is 7.48. The molecule has 27 heavy (non-hydrogen) atoms. The van der Waals surface area contributed by atoms with Crippen molar-refractivity contribution in [2.75, 3.05) is 13.1 Å². The lowest BCUT2D eigenvalue weighted by molar-refractivity contribution is -0.133. The van der Waals surface area contributed by atoms with E-state index in [0.29, 0.717) is 42.9 Å². The number of halogens is 1. The first-order valence-electron chi connectivity index (χ1n) is 9.37. The molecule has 142 valence electrons. The molecule has 1 aromatic heterocycles. The standard InChI is InChI=1S/C21H23FN2O3/c1-15-17(7-13-27-15)20(26)23-11-9-21(10-12-23)8-6-19(25)24(21)14-16-4-2-3-5-18(16)22/h2-5,7,13H,6,8-12,14H2,1H3. The van der Waals surface area contributed by atoms with E-state index in [2.05, 4.69) is 0 Å². The second-order valence-electron chi connectivity index (χ2n) is 7.48. The summed E-state index contributed by atoms with van der Waals surface area (Å²) in [6.45, 7) is 3.25. The molecule has 2 saturated heterocycles. The number of rotatable bonds is 3. The van der Waals surface area contributed by atoms with Crippen molar-refractivity contribution in [2.24, 2.45) is 0 Å². The van der Waals surface area contributed by atoms with Gasteiger partial charge in [0.25, 0.3) is 5.91 Å². The lowest BCUT2D eigenvalue weighted by atomic mass is 9.84. The van der Waals surface area contributed by atoms with Crippen molar-refractivity contribution in [3.63, 3.8) is 0 Å². The number of carbonyl (C=O) groups is 2. The Morgan fingerprint density at radius 3 is 2.59 bits per heavy atom. The van der Waals surface area contributed by atoms with Crippen molar-refractivity contribution in [3.05, 3.63) is 59.3 Å². The second kappa shape index (κ2) is 6.83. The molecule has 0 N–H and O–H groups in total. The molecule has 3 heterocycles. The minimum absolute atomic E-state index is 0.0268. The van der Waals surface area contributed by atoms with Gasteiger partial charge in [-0.05, 0) is 38.3 Å². The van der Waals surface area contributed by atoms with Crippen LogP contribution in [-0.2, 0) is 11.3 Å². The molecule has 0 aliphatic carbocycles. The van der Waals surface area contributed by atoms with E-state index >= 15 is 0 Å². The smallest absolute Gasteiger partial charge is 0.257 e. The summed E-state index contributed by atoms with van der Waals surface area (Å²) in [5.74, 6) is 0.387. The maximum Gasteiger partial charge on any atom is 0.257 e. The Kier molecular flexibility index (Phi) is 4.50. The van der Waals surface area contributed by atoms with Crippen LogP contribution in [0.15, 0.2) is 41.0 Å². The summed E-state index contributed by atoms with van der Waals surface area (Å²) in [5, 5.41) is 0. The average molecular weight is 370 g/mol. The number of carbonyl (C=O) groups excluding carboxylic acids is 2. The maximum absolute atomic E-state index is 14.1. The molecule has 0 unspecified atom stereocenters. The molecule has 2 aromatic rings. The molecule has 0 bridgehead atoms. The molecule has 2 aliphatic heterocycles. The maximum atomic E-state index is 14.1. The van der Waals surface area contributed by atoms with Crippen LogP contribution in [0.25, 0.3) is 0 Å². The van der Waals surface area contributed by atoms with Gasteiger partial charge >= 0.3 is 0 Å². The molecule has 0 atom stereocenters. The molecule has 1 aromatic carbocycles. The molecular weight excluding hydrogens is 347 g/mol. The van der Waals surface area contributed by atoms with Gasteiger partial charge in [0.2, 0.25) is 5.91 Å². The Morgan fingerprint density at radius 1 is 1.19 bits per heavy atom. The molecule has 6 heteroatoms. The average Bonchev–Trinajstić information content (AvgIpc) is 3.22. The van der Waals surface area contributed by atoms with E-state index in [9.17, 15) is 14.0 Å². The fourth-order valence-corrected chi connectivity index (χ4v) is 4.35. The van der Waals surface area contributed by atoms with E-state index in [1.165, 1.54) is 12.3 Å². The topological polar surface area (TPSA) is 53.8 Å². The number of benzene rings is 1. The number of amides is 2. The van der Waals surface area contributed by atoms with Gasteiger partial charge in [0, 0.05) is 37.2 Å². The Balaban J connectivity index is 1.49. The Hall–Kier alpha value is -2.63. The van der Waals surface area contributed by atoms with Gasteiger partial charge in [0.15, 0.2) is 0 Å². The van der Waals surface area contributed by atoms with Crippen LogP contribution in [0.2, 0.25) is 0 Å². The Bertz CT molecular complexity index is 868. The summed E-state index contributed by atoms with van der Waals surface area (Å²) in [6, 6.07) is 8.31. The fourth-order valence-electron chi connectivity index (χ4n) is 4.35. The number of aryl methyl sites for hydroxylation is 1. The zero-order valence-corrected chi connectivity index (χ0v) is 15.4. The predicted octanol–water partition coefficient (Wildman–Crippen LogP) is 3.52. The molecule has 2 amide bonds. The van der Waals surface area contributed by atoms with E-state index in [1.54, 1.807) is 31.2 Å². The van der Waals surface area contributed by atoms with Crippen molar-refractivity contribution < 1.29 is 18.4 Å². The van der Waals surface area contributed by atoms with E-state index < -0.39 is 0 Å². The number of furan rings is 1. The summed E-state index contributed by atoms with van der Waals surface area (Å²) in [5.41, 5.74) is 0.859. The minimum Gasteiger partial charge on any atom is -0.469 e. The molecule has 4 rings (SSSR count). The Morgan fingerprint density at radius 2 is 1.93 bits per heavy atom. The lowest BCUT2D eigenvalue weighted by Gasteiger charge is -2.45. The zero-order chi connectivity index (χ0) is 19.0. The van der Waals surface area contributed by atoms with Gasteiger partial charge in [-0.1, -0.05) is 18.2 Å². The third-order valence-corrected chi connectivity index (χ3v) is 6.03. The van der Waals surface area contributed by atoms with Gasteiger partial charge in [-0.3, -0.25) is 9.59 Å². The normalized spacial score (nSPS) is 19.1. The van der Waals surface area contributed by atoms with Gasteiger partial charge < -0.3 is 14.2 Å². The van der Waals surface area contributed by atoms with Gasteiger partial charge in [0.1, 0.15) is 11.6 Å². The van der Waals surface area contributed by atoms with Crippen LogP contribution >= 0.6 is 0 Å². The van der Waals surface area contributed by atoms with Gasteiger partial charge in [-0.2, -0.15) is 0 Å². The van der Waals surface area contributed by atoms with Crippen LogP contribution < -0.4 is 0 Å². The summed E-state index contributed by atoms with van der Waals surface area (Å²) in [7, 11) is 0. The van der Waals surface area contributed by atoms with Crippen molar-refractivity contribution in [3.8, 4) is 0 Å². The first kappa shape index (κ1) is 17.8. The van der Waals surface area contributed by atoms with Crippen molar-refractivity contribution >= 4 is 11.8 Å². The Labute approximate surface area is 157 Å². The van der Waals surface area contributed by atoms with Crippen LogP contribution in [0.1, 0.15) is 47.4 Å². The highest BCUT2D eigenvalue weighted by atomic mass is 19.1. The number of piperidine rings is 1. The van der Waals surface area contributed by atoms with E-state index in [4.69, 9.17) is 4.42 Å². The van der Waals surface area contributed by atoms with Gasteiger partial charge in [-0.15, -0.1) is 0 Å². The third kappa shape index (κ3) is 3.13. The van der Waals surface area contributed by atoms with Crippen LogP contribution in [-0.4, -0.2) is 40.2 Å². The zero-order valence-electron chi connectivity index (χ0n) is 15.4. The number of nitrogens with zero attached hydrogens (tertiary/aromatic N) is 2. The fraction of sp³-hybridized carbons (Fsp3) is 0.429. The monoisotopic (exact) mass is 370 g/mol. The number of likely N-dealkylation sites (tertiary alicyclic amines) is 2. The number of hydrogen-bond acceptors (Lipinski definition) is 3. The first-order valence-corrected chi connectivity index (χ1v) is 9.37. The quantitative estimate of drug-likeness (QED) is 0.831. The predicted molar refractivity (Wildman–Crippen MR) is 97.5 cm³/mol. The molecule has 0 saturated carbocycles. The minimum atomic E-state index is -0.282. The van der Waals surface area contributed by atoms with E-state index in [-0.39, 0.29) is 23.2 Å². The van der Waals surface area contributed by atoms with Crippen molar-refractivity contribution in [1.82, 2.24) is 9.80 Å². The molecule has 2 fully saturated rings. The summed E-state index contributed by atoms with van der Waals surface area (Å²) in [4.78, 5) is 28.9. The molecular formula is C21H23FN2O3. The first-order chi connectivity index (χ1) is 13.0. The molecule has 5 nitrogen and oxygen atoms in total. The summed E-state index contributed by atoms with van der Waals surface area (Å²) in [6.07, 6.45) is 4.22. The van der Waals surface area contributed by atoms with Crippen LogP contribution in [0.4, 0.5) is 4.39 Å². The molecule has 0 radical (unpaired) electrons. The van der Waals surface area contributed by atoms with Crippen LogP contribution in [0, 0.1) is 12.7 Å². The number of hydrogen-bond donors (Lipinski definition) is 0. The molecule has 1 spiro atoms. The highest BCUT2D eigenvalue weighted by Crippen LogP contribution is 2.40. The van der Waals surface area contributed by atoms with Gasteiger partial charge in [-0.25, -0.2) is 4.39 Å². The van der Waals surface area contributed by atoms with E-state index in [0.717, 1.165) is 19.3 Å².